The molecule has 4 heteroatoms. The van der Waals surface area contributed by atoms with Crippen LogP contribution in [0.2, 0.25) is 0 Å². The van der Waals surface area contributed by atoms with E-state index in [4.69, 9.17) is 5.73 Å². The lowest BCUT2D eigenvalue weighted by Gasteiger charge is -2.31. The highest BCUT2D eigenvalue weighted by Gasteiger charge is 2.24. The van der Waals surface area contributed by atoms with Crippen LogP contribution in [-0.4, -0.2) is 22.3 Å². The van der Waals surface area contributed by atoms with Crippen molar-refractivity contribution in [3.05, 3.63) is 17.8 Å². The van der Waals surface area contributed by atoms with E-state index in [1.165, 1.54) is 0 Å². The van der Waals surface area contributed by atoms with Crippen LogP contribution in [0.15, 0.2) is 12.1 Å². The van der Waals surface area contributed by atoms with E-state index < -0.39 is 0 Å². The number of hydrogen-bond donors (Lipinski definition) is 2. The Morgan fingerprint density at radius 3 is 2.33 bits per heavy atom. The molecule has 15 heavy (non-hydrogen) atoms. The van der Waals surface area contributed by atoms with Crippen molar-refractivity contribution in [1.82, 2.24) is 10.2 Å². The Bertz CT molecular complexity index is 282. The molecule has 1 aromatic heterocycles. The van der Waals surface area contributed by atoms with Crippen LogP contribution in [-0.2, 0) is 0 Å². The fraction of sp³-hybridized carbons (Fsp3) is 0.636. The van der Waals surface area contributed by atoms with E-state index in [-0.39, 0.29) is 5.54 Å². The summed E-state index contributed by atoms with van der Waals surface area (Å²) in [6.07, 6.45) is 1.96. The Balaban J connectivity index is 2.78. The van der Waals surface area contributed by atoms with Crippen molar-refractivity contribution in [2.45, 2.75) is 39.2 Å². The molecule has 4 nitrogen and oxygen atoms in total. The first-order chi connectivity index (χ1) is 7.15. The number of hydrogen-bond acceptors (Lipinski definition) is 4. The highest BCUT2D eigenvalue weighted by Crippen LogP contribution is 2.19. The van der Waals surface area contributed by atoms with Crippen LogP contribution in [0, 0.1) is 6.92 Å². The summed E-state index contributed by atoms with van der Waals surface area (Å²) in [6, 6.07) is 3.89. The molecule has 3 N–H and O–H groups in total. The lowest BCUT2D eigenvalue weighted by molar-refractivity contribution is 0.443. The molecular weight excluding hydrogens is 188 g/mol. The lowest BCUT2D eigenvalue weighted by atomic mass is 9.93. The largest absolute Gasteiger partial charge is 0.362 e. The third kappa shape index (κ3) is 2.89. The topological polar surface area (TPSA) is 63.8 Å². The van der Waals surface area contributed by atoms with Crippen LogP contribution >= 0.6 is 0 Å². The maximum atomic E-state index is 5.80. The van der Waals surface area contributed by atoms with Gasteiger partial charge >= 0.3 is 0 Å². The number of rotatable bonds is 5. The standard InChI is InChI=1S/C11H20N4/c1-4-11(5-2,8-12)13-10-7-6-9(3)14-15-10/h6-7H,4-5,8,12H2,1-3H3,(H,13,15). The summed E-state index contributed by atoms with van der Waals surface area (Å²) in [7, 11) is 0. The second-order valence-electron chi connectivity index (χ2n) is 3.88. The third-order valence-corrected chi connectivity index (χ3v) is 2.94. The van der Waals surface area contributed by atoms with Crippen LogP contribution in [0.4, 0.5) is 5.82 Å². The SMILES string of the molecule is CCC(CC)(CN)Nc1ccc(C)nn1. The number of nitrogens with one attached hydrogen (secondary N) is 1. The Hall–Kier alpha value is -1.16. The zero-order chi connectivity index (χ0) is 11.3. The van der Waals surface area contributed by atoms with Gasteiger partial charge in [0.25, 0.3) is 0 Å². The van der Waals surface area contributed by atoms with Crippen LogP contribution < -0.4 is 11.1 Å². The molecule has 1 rings (SSSR count). The quantitative estimate of drug-likeness (QED) is 0.773. The number of aryl methyl sites for hydroxylation is 1. The van der Waals surface area contributed by atoms with Gasteiger partial charge in [-0.3, -0.25) is 0 Å². The van der Waals surface area contributed by atoms with Crippen LogP contribution in [0.25, 0.3) is 0 Å². The molecule has 0 aliphatic rings. The first kappa shape index (κ1) is 11.9. The van der Waals surface area contributed by atoms with Crippen molar-refractivity contribution in [2.24, 2.45) is 5.73 Å². The van der Waals surface area contributed by atoms with Gasteiger partial charge in [0.2, 0.25) is 0 Å². The summed E-state index contributed by atoms with van der Waals surface area (Å²) < 4.78 is 0. The molecule has 0 atom stereocenters. The first-order valence-electron chi connectivity index (χ1n) is 5.44. The van der Waals surface area contributed by atoms with Crippen molar-refractivity contribution in [3.8, 4) is 0 Å². The van der Waals surface area contributed by atoms with E-state index in [0.717, 1.165) is 24.4 Å². The smallest absolute Gasteiger partial charge is 0.149 e. The molecule has 0 amide bonds. The number of nitrogens with zero attached hydrogens (tertiary/aromatic N) is 2. The minimum absolute atomic E-state index is 0.0516. The summed E-state index contributed by atoms with van der Waals surface area (Å²) in [4.78, 5) is 0. The predicted octanol–water partition coefficient (Wildman–Crippen LogP) is 1.71. The van der Waals surface area contributed by atoms with Crippen molar-refractivity contribution in [1.29, 1.82) is 0 Å². The van der Waals surface area contributed by atoms with Gasteiger partial charge in [-0.2, -0.15) is 5.10 Å². The Morgan fingerprint density at radius 2 is 1.93 bits per heavy atom. The molecular formula is C11H20N4. The highest BCUT2D eigenvalue weighted by molar-refractivity contribution is 5.36. The van der Waals surface area contributed by atoms with Crippen LogP contribution in [0.3, 0.4) is 0 Å². The normalized spacial score (nSPS) is 11.5. The predicted molar refractivity (Wildman–Crippen MR) is 62.8 cm³/mol. The van der Waals surface area contributed by atoms with E-state index in [1.54, 1.807) is 0 Å². The number of anilines is 1. The maximum absolute atomic E-state index is 5.80. The zero-order valence-electron chi connectivity index (χ0n) is 9.75. The molecule has 0 spiro atoms. The highest BCUT2D eigenvalue weighted by atomic mass is 15.2. The van der Waals surface area contributed by atoms with Crippen molar-refractivity contribution < 1.29 is 0 Å². The van der Waals surface area contributed by atoms with Gasteiger partial charge in [0, 0.05) is 6.54 Å². The van der Waals surface area contributed by atoms with Crippen molar-refractivity contribution in [2.75, 3.05) is 11.9 Å². The van der Waals surface area contributed by atoms with Gasteiger partial charge in [-0.1, -0.05) is 13.8 Å². The van der Waals surface area contributed by atoms with Gasteiger partial charge in [-0.05, 0) is 31.9 Å². The van der Waals surface area contributed by atoms with Gasteiger partial charge in [0.15, 0.2) is 0 Å². The molecule has 0 unspecified atom stereocenters. The summed E-state index contributed by atoms with van der Waals surface area (Å²) in [5, 5.41) is 11.5. The third-order valence-electron chi connectivity index (χ3n) is 2.94. The molecule has 0 aromatic carbocycles. The summed E-state index contributed by atoms with van der Waals surface area (Å²) in [6.45, 7) is 6.79. The maximum Gasteiger partial charge on any atom is 0.149 e. The minimum atomic E-state index is -0.0516. The minimum Gasteiger partial charge on any atom is -0.362 e. The average molecular weight is 208 g/mol. The van der Waals surface area contributed by atoms with E-state index >= 15 is 0 Å². The monoisotopic (exact) mass is 208 g/mol. The van der Waals surface area contributed by atoms with Crippen LogP contribution in [0.5, 0.6) is 0 Å². The van der Waals surface area contributed by atoms with Crippen LogP contribution in [0.1, 0.15) is 32.4 Å². The van der Waals surface area contributed by atoms with Gasteiger partial charge in [-0.25, -0.2) is 0 Å². The molecule has 0 saturated carbocycles. The van der Waals surface area contributed by atoms with Gasteiger partial charge < -0.3 is 11.1 Å². The average Bonchev–Trinajstić information content (AvgIpc) is 2.29. The fourth-order valence-electron chi connectivity index (χ4n) is 1.50. The van der Waals surface area contributed by atoms with E-state index in [0.29, 0.717) is 6.54 Å². The molecule has 84 valence electrons. The second kappa shape index (κ2) is 5.07. The van der Waals surface area contributed by atoms with E-state index in [2.05, 4.69) is 29.4 Å². The van der Waals surface area contributed by atoms with Crippen molar-refractivity contribution in [3.63, 3.8) is 0 Å². The van der Waals surface area contributed by atoms with E-state index in [9.17, 15) is 0 Å². The number of nitrogens with two attached hydrogens (primary N) is 1. The lowest BCUT2D eigenvalue weighted by Crippen LogP contribution is -2.44. The molecule has 0 aliphatic heterocycles. The Kier molecular flexibility index (Phi) is 4.03. The fourth-order valence-corrected chi connectivity index (χ4v) is 1.50. The Labute approximate surface area is 91.3 Å². The molecule has 0 bridgehead atoms. The number of aromatic nitrogens is 2. The molecule has 1 heterocycles. The molecule has 0 aliphatic carbocycles. The summed E-state index contributed by atoms with van der Waals surface area (Å²) >= 11 is 0. The molecule has 1 aromatic rings. The first-order valence-corrected chi connectivity index (χ1v) is 5.44. The molecule has 0 radical (unpaired) electrons. The van der Waals surface area contributed by atoms with Gasteiger partial charge in [0.1, 0.15) is 5.82 Å². The van der Waals surface area contributed by atoms with Crippen molar-refractivity contribution >= 4 is 5.82 Å². The summed E-state index contributed by atoms with van der Waals surface area (Å²) in [5.74, 6) is 0.801. The van der Waals surface area contributed by atoms with Gasteiger partial charge in [-0.15, -0.1) is 5.10 Å². The Morgan fingerprint density at radius 1 is 1.27 bits per heavy atom. The van der Waals surface area contributed by atoms with Gasteiger partial charge in [0.05, 0.1) is 11.2 Å². The summed E-state index contributed by atoms with van der Waals surface area (Å²) in [5.41, 5.74) is 6.67. The van der Waals surface area contributed by atoms with E-state index in [1.807, 2.05) is 19.1 Å². The zero-order valence-corrected chi connectivity index (χ0v) is 9.75. The second-order valence-corrected chi connectivity index (χ2v) is 3.88. The molecule has 0 fully saturated rings. The molecule has 0 saturated heterocycles.